The number of carbonyl (C=O) groups excluding carboxylic acids is 1. The Hall–Kier alpha value is -2.46. The van der Waals surface area contributed by atoms with E-state index in [1.165, 1.54) is 32.1 Å². The predicted molar refractivity (Wildman–Crippen MR) is 130 cm³/mol. The van der Waals surface area contributed by atoms with Gasteiger partial charge in [0.1, 0.15) is 5.01 Å². The molecule has 0 atom stereocenters. The molecule has 1 aliphatic carbocycles. The highest BCUT2D eigenvalue weighted by molar-refractivity contribution is 7.13. The number of thiazole rings is 1. The number of unbranched alkanes of at least 4 members (excludes halogenated alkanes) is 1. The minimum Gasteiger partial charge on any atom is -0.352 e. The summed E-state index contributed by atoms with van der Waals surface area (Å²) in [4.78, 5) is 17.4. The molecule has 1 N–H and O–H groups in total. The Labute approximate surface area is 189 Å². The van der Waals surface area contributed by atoms with Crippen molar-refractivity contribution in [3.63, 3.8) is 0 Å². The molecule has 2 aromatic carbocycles. The Morgan fingerprint density at radius 1 is 1.00 bits per heavy atom. The number of nitrogens with one attached hydrogen (secondary N) is 1. The summed E-state index contributed by atoms with van der Waals surface area (Å²) in [6.45, 7) is 2.85. The lowest BCUT2D eigenvalue weighted by atomic mass is 9.79. The number of aromatic nitrogens is 1. The van der Waals surface area contributed by atoms with E-state index in [4.69, 9.17) is 4.98 Å². The first-order chi connectivity index (χ1) is 15.2. The molecule has 0 aliphatic heterocycles. The Morgan fingerprint density at radius 3 is 2.45 bits per heavy atom. The molecule has 162 valence electrons. The van der Waals surface area contributed by atoms with E-state index < -0.39 is 0 Å². The van der Waals surface area contributed by atoms with Crippen molar-refractivity contribution < 1.29 is 4.79 Å². The van der Waals surface area contributed by atoms with Gasteiger partial charge in [-0.2, -0.15) is 0 Å². The molecule has 4 rings (SSSR count). The molecule has 31 heavy (non-hydrogen) atoms. The van der Waals surface area contributed by atoms with Crippen molar-refractivity contribution in [2.75, 3.05) is 0 Å². The highest BCUT2D eigenvalue weighted by Crippen LogP contribution is 2.32. The van der Waals surface area contributed by atoms with Crippen LogP contribution >= 0.6 is 11.3 Å². The Balaban J connectivity index is 1.27. The molecule has 3 nitrogen and oxygen atoms in total. The van der Waals surface area contributed by atoms with Crippen LogP contribution in [0, 0.1) is 11.8 Å². The first-order valence-corrected chi connectivity index (χ1v) is 12.5. The number of carbonyl (C=O) groups is 1. The third-order valence-corrected chi connectivity index (χ3v) is 7.32. The largest absolute Gasteiger partial charge is 0.352 e. The molecule has 3 aromatic rings. The quantitative estimate of drug-likeness (QED) is 0.413. The average Bonchev–Trinajstić information content (AvgIpc) is 3.33. The van der Waals surface area contributed by atoms with Crippen LogP contribution in [0.1, 0.15) is 57.4 Å². The number of hydrogen-bond acceptors (Lipinski definition) is 3. The standard InChI is InChI=1S/C27H32N2OS/c1-2-3-7-20-10-16-23(17-11-20)26(30)28-18-21-12-14-22(15-13-21)25-19-31-27(29-25)24-8-5-4-6-9-24/h4-6,8-9,12-15,19-20,23H,2-3,7,10-11,16-18H2,1H3,(H,28,30). The van der Waals surface area contributed by atoms with Crippen LogP contribution in [0.5, 0.6) is 0 Å². The Bertz CT molecular complexity index is 956. The van der Waals surface area contributed by atoms with Gasteiger partial charge in [-0.05, 0) is 37.2 Å². The summed E-state index contributed by atoms with van der Waals surface area (Å²) in [5.41, 5.74) is 4.39. The molecule has 1 heterocycles. The van der Waals surface area contributed by atoms with Crippen molar-refractivity contribution in [3.8, 4) is 21.8 Å². The number of rotatable bonds is 8. The van der Waals surface area contributed by atoms with Crippen molar-refractivity contribution in [3.05, 3.63) is 65.5 Å². The van der Waals surface area contributed by atoms with Gasteiger partial charge in [-0.1, -0.05) is 80.8 Å². The fourth-order valence-electron chi connectivity index (χ4n) is 4.45. The molecule has 1 fully saturated rings. The number of benzene rings is 2. The van der Waals surface area contributed by atoms with E-state index in [9.17, 15) is 4.79 Å². The SMILES string of the molecule is CCCCC1CCC(C(=O)NCc2ccc(-c3csc(-c4ccccc4)n3)cc2)CC1. The van der Waals surface area contributed by atoms with E-state index in [0.717, 1.165) is 46.2 Å². The number of nitrogens with zero attached hydrogens (tertiary/aromatic N) is 1. The number of amides is 1. The van der Waals surface area contributed by atoms with Crippen LogP contribution in [0.25, 0.3) is 21.8 Å². The first-order valence-electron chi connectivity index (χ1n) is 11.6. The second kappa shape index (κ2) is 10.7. The van der Waals surface area contributed by atoms with Crippen molar-refractivity contribution in [1.29, 1.82) is 0 Å². The van der Waals surface area contributed by atoms with Crippen LogP contribution in [0.4, 0.5) is 0 Å². The van der Waals surface area contributed by atoms with Gasteiger partial charge < -0.3 is 5.32 Å². The van der Waals surface area contributed by atoms with Gasteiger partial charge in [-0.15, -0.1) is 11.3 Å². The minimum atomic E-state index is 0.198. The topological polar surface area (TPSA) is 42.0 Å². The lowest BCUT2D eigenvalue weighted by molar-refractivity contribution is -0.126. The summed E-state index contributed by atoms with van der Waals surface area (Å²) in [6.07, 6.45) is 8.46. The smallest absolute Gasteiger partial charge is 0.223 e. The van der Waals surface area contributed by atoms with Crippen LogP contribution < -0.4 is 5.32 Å². The molecule has 0 radical (unpaired) electrons. The van der Waals surface area contributed by atoms with Gasteiger partial charge >= 0.3 is 0 Å². The summed E-state index contributed by atoms with van der Waals surface area (Å²) < 4.78 is 0. The van der Waals surface area contributed by atoms with E-state index >= 15 is 0 Å². The third kappa shape index (κ3) is 5.82. The monoisotopic (exact) mass is 432 g/mol. The molecule has 0 bridgehead atoms. The fraction of sp³-hybridized carbons (Fsp3) is 0.407. The molecule has 1 amide bonds. The van der Waals surface area contributed by atoms with Gasteiger partial charge in [0.15, 0.2) is 0 Å². The molecule has 1 saturated carbocycles. The van der Waals surface area contributed by atoms with Gasteiger partial charge in [0.25, 0.3) is 0 Å². The third-order valence-electron chi connectivity index (χ3n) is 6.42. The summed E-state index contributed by atoms with van der Waals surface area (Å²) in [5, 5.41) is 6.30. The van der Waals surface area contributed by atoms with E-state index in [1.54, 1.807) is 11.3 Å². The molecule has 4 heteroatoms. The maximum atomic E-state index is 12.6. The van der Waals surface area contributed by atoms with E-state index in [1.807, 2.05) is 18.2 Å². The Kier molecular flexibility index (Phi) is 7.52. The maximum Gasteiger partial charge on any atom is 0.223 e. The van der Waals surface area contributed by atoms with E-state index in [2.05, 4.69) is 54.0 Å². The molecule has 1 aromatic heterocycles. The second-order valence-electron chi connectivity index (χ2n) is 8.68. The van der Waals surface area contributed by atoms with Crippen molar-refractivity contribution in [1.82, 2.24) is 10.3 Å². The lowest BCUT2D eigenvalue weighted by Crippen LogP contribution is -2.32. The zero-order chi connectivity index (χ0) is 21.5. The lowest BCUT2D eigenvalue weighted by Gasteiger charge is -2.27. The fourth-order valence-corrected chi connectivity index (χ4v) is 5.29. The van der Waals surface area contributed by atoms with Crippen LogP contribution in [0.2, 0.25) is 0 Å². The average molecular weight is 433 g/mol. The van der Waals surface area contributed by atoms with E-state index in [-0.39, 0.29) is 11.8 Å². The summed E-state index contributed by atoms with van der Waals surface area (Å²) in [7, 11) is 0. The van der Waals surface area contributed by atoms with Crippen molar-refractivity contribution in [2.24, 2.45) is 11.8 Å². The Morgan fingerprint density at radius 2 is 1.74 bits per heavy atom. The molecule has 0 saturated heterocycles. The predicted octanol–water partition coefficient (Wildman–Crippen LogP) is 7.09. The van der Waals surface area contributed by atoms with Gasteiger partial charge in [0, 0.05) is 29.0 Å². The summed E-state index contributed by atoms with van der Waals surface area (Å²) in [5.74, 6) is 1.26. The van der Waals surface area contributed by atoms with Gasteiger partial charge in [0.05, 0.1) is 5.69 Å². The van der Waals surface area contributed by atoms with Crippen molar-refractivity contribution in [2.45, 2.75) is 58.4 Å². The van der Waals surface area contributed by atoms with Crippen molar-refractivity contribution >= 4 is 17.2 Å². The second-order valence-corrected chi connectivity index (χ2v) is 9.54. The minimum absolute atomic E-state index is 0.198. The zero-order valence-electron chi connectivity index (χ0n) is 18.3. The number of hydrogen-bond donors (Lipinski definition) is 1. The van der Waals surface area contributed by atoms with Crippen LogP contribution in [-0.2, 0) is 11.3 Å². The maximum absolute atomic E-state index is 12.6. The molecular weight excluding hydrogens is 400 g/mol. The molecular formula is C27H32N2OS. The van der Waals surface area contributed by atoms with Crippen LogP contribution in [-0.4, -0.2) is 10.9 Å². The molecule has 0 spiro atoms. The van der Waals surface area contributed by atoms with Gasteiger partial charge in [-0.3, -0.25) is 4.79 Å². The normalized spacial score (nSPS) is 18.6. The van der Waals surface area contributed by atoms with E-state index in [0.29, 0.717) is 6.54 Å². The van der Waals surface area contributed by atoms with Gasteiger partial charge in [0.2, 0.25) is 5.91 Å². The molecule has 1 aliphatic rings. The highest BCUT2D eigenvalue weighted by Gasteiger charge is 2.25. The summed E-state index contributed by atoms with van der Waals surface area (Å²) >= 11 is 1.67. The first kappa shape index (κ1) is 21.8. The summed E-state index contributed by atoms with van der Waals surface area (Å²) in [6, 6.07) is 18.7. The van der Waals surface area contributed by atoms with Crippen LogP contribution in [0.15, 0.2) is 60.0 Å². The van der Waals surface area contributed by atoms with Gasteiger partial charge in [-0.25, -0.2) is 4.98 Å². The van der Waals surface area contributed by atoms with Crippen LogP contribution in [0.3, 0.4) is 0 Å². The molecule has 0 unspecified atom stereocenters. The zero-order valence-corrected chi connectivity index (χ0v) is 19.2. The highest BCUT2D eigenvalue weighted by atomic mass is 32.1.